The molecule has 0 unspecified atom stereocenters. The Hall–Kier alpha value is -2.70. The predicted molar refractivity (Wildman–Crippen MR) is 86.8 cm³/mol. The molecule has 0 saturated heterocycles. The average molecular weight is 312 g/mol. The molecule has 0 spiro atoms. The topological polar surface area (TPSA) is 77.6 Å². The van der Waals surface area contributed by atoms with Gasteiger partial charge in [0.15, 0.2) is 0 Å². The number of fused-ring (bicyclic) bond motifs is 1. The third kappa shape index (κ3) is 3.56. The van der Waals surface area contributed by atoms with Crippen molar-refractivity contribution in [2.75, 3.05) is 6.54 Å². The van der Waals surface area contributed by atoms with Crippen LogP contribution in [0.1, 0.15) is 19.2 Å². The Morgan fingerprint density at radius 3 is 2.96 bits per heavy atom. The lowest BCUT2D eigenvalue weighted by molar-refractivity contribution is -0.121. The van der Waals surface area contributed by atoms with Gasteiger partial charge in [-0.1, -0.05) is 12.1 Å². The van der Waals surface area contributed by atoms with Gasteiger partial charge in [-0.2, -0.15) is 0 Å². The molecule has 0 saturated carbocycles. The van der Waals surface area contributed by atoms with E-state index >= 15 is 0 Å². The summed E-state index contributed by atoms with van der Waals surface area (Å²) in [5.74, 6) is 0.929. The van der Waals surface area contributed by atoms with Crippen LogP contribution in [0.25, 0.3) is 11.0 Å². The number of para-hydroxylation sites is 2. The number of carbonyl (C=O) groups is 1. The van der Waals surface area contributed by atoms with E-state index in [9.17, 15) is 4.79 Å². The fraction of sp³-hybridized carbons (Fsp3) is 0.375. The zero-order valence-corrected chi connectivity index (χ0v) is 13.1. The Labute approximate surface area is 134 Å². The number of nitrogens with zero attached hydrogens (tertiary/aromatic N) is 5. The van der Waals surface area contributed by atoms with E-state index < -0.39 is 0 Å². The van der Waals surface area contributed by atoms with E-state index in [0.717, 1.165) is 23.4 Å². The second kappa shape index (κ2) is 7.04. The molecule has 2 aromatic heterocycles. The summed E-state index contributed by atoms with van der Waals surface area (Å²) >= 11 is 0. The first-order chi connectivity index (χ1) is 11.3. The second-order valence-corrected chi connectivity index (χ2v) is 5.31. The van der Waals surface area contributed by atoms with Crippen LogP contribution in [0, 0.1) is 0 Å². The average Bonchev–Trinajstić information content (AvgIpc) is 3.19. The van der Waals surface area contributed by atoms with Crippen LogP contribution >= 0.6 is 0 Å². The highest BCUT2D eigenvalue weighted by molar-refractivity contribution is 5.77. The Morgan fingerprint density at radius 2 is 2.09 bits per heavy atom. The molecule has 0 aliphatic rings. The molecule has 0 aliphatic carbocycles. The minimum atomic E-state index is 0.0327. The van der Waals surface area contributed by atoms with E-state index in [0.29, 0.717) is 25.9 Å². The number of benzene rings is 1. The highest BCUT2D eigenvalue weighted by atomic mass is 16.1. The van der Waals surface area contributed by atoms with Crippen LogP contribution in [-0.4, -0.2) is 36.8 Å². The quantitative estimate of drug-likeness (QED) is 0.715. The fourth-order valence-corrected chi connectivity index (χ4v) is 2.55. The normalized spacial score (nSPS) is 11.0. The number of aryl methyl sites for hydroxylation is 2. The molecule has 0 atom stereocenters. The van der Waals surface area contributed by atoms with Crippen LogP contribution in [-0.2, 0) is 24.3 Å². The van der Waals surface area contributed by atoms with Crippen LogP contribution in [0.2, 0.25) is 0 Å². The molecular weight excluding hydrogens is 292 g/mol. The van der Waals surface area contributed by atoms with Gasteiger partial charge in [0.1, 0.15) is 12.2 Å². The number of hydrogen-bond donors (Lipinski definition) is 1. The Balaban J connectivity index is 1.46. The molecule has 2 heterocycles. The van der Waals surface area contributed by atoms with Crippen molar-refractivity contribution in [3.63, 3.8) is 0 Å². The van der Waals surface area contributed by atoms with Crippen molar-refractivity contribution in [2.45, 2.75) is 32.9 Å². The van der Waals surface area contributed by atoms with Crippen LogP contribution in [0.4, 0.5) is 0 Å². The van der Waals surface area contributed by atoms with Crippen molar-refractivity contribution in [3.05, 3.63) is 42.7 Å². The highest BCUT2D eigenvalue weighted by Crippen LogP contribution is 2.11. The van der Waals surface area contributed by atoms with Crippen molar-refractivity contribution in [2.24, 2.45) is 0 Å². The molecule has 3 rings (SSSR count). The van der Waals surface area contributed by atoms with Crippen molar-refractivity contribution in [1.29, 1.82) is 0 Å². The van der Waals surface area contributed by atoms with Gasteiger partial charge in [-0.15, -0.1) is 10.2 Å². The Morgan fingerprint density at radius 1 is 1.22 bits per heavy atom. The van der Waals surface area contributed by atoms with Crippen molar-refractivity contribution in [1.82, 2.24) is 29.6 Å². The zero-order valence-electron chi connectivity index (χ0n) is 13.1. The van der Waals surface area contributed by atoms with Crippen LogP contribution in [0.15, 0.2) is 36.9 Å². The number of rotatable bonds is 7. The molecule has 0 fully saturated rings. The number of nitrogens with one attached hydrogen (secondary N) is 1. The summed E-state index contributed by atoms with van der Waals surface area (Å²) in [7, 11) is 0. The van der Waals surface area contributed by atoms with Gasteiger partial charge in [-0.05, 0) is 19.1 Å². The first-order valence-corrected chi connectivity index (χ1v) is 7.81. The first kappa shape index (κ1) is 15.2. The van der Waals surface area contributed by atoms with E-state index in [-0.39, 0.29) is 5.91 Å². The lowest BCUT2D eigenvalue weighted by Gasteiger charge is -2.07. The van der Waals surface area contributed by atoms with Crippen molar-refractivity contribution >= 4 is 16.9 Å². The number of aromatic nitrogens is 5. The maximum Gasteiger partial charge on any atom is 0.221 e. The van der Waals surface area contributed by atoms with E-state index in [1.165, 1.54) is 0 Å². The largest absolute Gasteiger partial charge is 0.356 e. The summed E-state index contributed by atoms with van der Waals surface area (Å²) in [6, 6.07) is 7.92. The lowest BCUT2D eigenvalue weighted by atomic mass is 10.3. The molecule has 3 aromatic rings. The summed E-state index contributed by atoms with van der Waals surface area (Å²) in [4.78, 5) is 16.3. The maximum absolute atomic E-state index is 12.0. The SMILES string of the molecule is CCn1cnnc1CCNC(=O)CCn1cnc2ccccc21. The molecule has 0 aliphatic heterocycles. The summed E-state index contributed by atoms with van der Waals surface area (Å²) in [6.07, 6.45) is 4.61. The number of amides is 1. The molecule has 7 nitrogen and oxygen atoms in total. The molecule has 120 valence electrons. The van der Waals surface area contributed by atoms with Crippen molar-refractivity contribution < 1.29 is 4.79 Å². The van der Waals surface area contributed by atoms with Crippen LogP contribution < -0.4 is 5.32 Å². The minimum absolute atomic E-state index is 0.0327. The van der Waals surface area contributed by atoms with Gasteiger partial charge in [0.05, 0.1) is 17.4 Å². The first-order valence-electron chi connectivity index (χ1n) is 7.81. The summed E-state index contributed by atoms with van der Waals surface area (Å²) in [5, 5.41) is 10.9. The standard InChI is InChI=1S/C16H20N6O/c1-2-21-12-19-20-15(21)7-9-17-16(23)8-10-22-11-18-13-5-3-4-6-14(13)22/h3-6,11-12H,2,7-10H2,1H3,(H,17,23). The number of hydrogen-bond acceptors (Lipinski definition) is 4. The third-order valence-corrected chi connectivity index (χ3v) is 3.81. The second-order valence-electron chi connectivity index (χ2n) is 5.31. The monoisotopic (exact) mass is 312 g/mol. The third-order valence-electron chi connectivity index (χ3n) is 3.81. The van der Waals surface area contributed by atoms with E-state index in [1.54, 1.807) is 12.7 Å². The predicted octanol–water partition coefficient (Wildman–Crippen LogP) is 1.40. The van der Waals surface area contributed by atoms with Gasteiger partial charge in [0, 0.05) is 32.5 Å². The molecule has 7 heteroatoms. The highest BCUT2D eigenvalue weighted by Gasteiger charge is 2.06. The van der Waals surface area contributed by atoms with Crippen LogP contribution in [0.3, 0.4) is 0 Å². The molecule has 0 radical (unpaired) electrons. The number of carbonyl (C=O) groups excluding carboxylic acids is 1. The van der Waals surface area contributed by atoms with E-state index in [1.807, 2.05) is 40.3 Å². The van der Waals surface area contributed by atoms with Gasteiger partial charge in [0.2, 0.25) is 5.91 Å². The maximum atomic E-state index is 12.0. The van der Waals surface area contributed by atoms with Gasteiger partial charge in [-0.25, -0.2) is 4.98 Å². The Bertz CT molecular complexity index is 791. The number of imidazole rings is 1. The van der Waals surface area contributed by atoms with Gasteiger partial charge < -0.3 is 14.5 Å². The Kier molecular flexibility index (Phi) is 4.65. The molecule has 1 N–H and O–H groups in total. The fourth-order valence-electron chi connectivity index (χ4n) is 2.55. The van der Waals surface area contributed by atoms with E-state index in [2.05, 4.69) is 20.5 Å². The molecule has 0 bridgehead atoms. The van der Waals surface area contributed by atoms with Crippen LogP contribution in [0.5, 0.6) is 0 Å². The van der Waals surface area contributed by atoms with Gasteiger partial charge in [0.25, 0.3) is 0 Å². The van der Waals surface area contributed by atoms with E-state index in [4.69, 9.17) is 0 Å². The molecular formula is C16H20N6O. The molecule has 1 amide bonds. The summed E-state index contributed by atoms with van der Waals surface area (Å²) in [5.41, 5.74) is 2.00. The summed E-state index contributed by atoms with van der Waals surface area (Å²) in [6.45, 7) is 4.07. The summed E-state index contributed by atoms with van der Waals surface area (Å²) < 4.78 is 3.98. The van der Waals surface area contributed by atoms with Gasteiger partial charge >= 0.3 is 0 Å². The smallest absolute Gasteiger partial charge is 0.221 e. The van der Waals surface area contributed by atoms with Crippen molar-refractivity contribution in [3.8, 4) is 0 Å². The molecule has 23 heavy (non-hydrogen) atoms. The lowest BCUT2D eigenvalue weighted by Crippen LogP contribution is -2.27. The zero-order chi connectivity index (χ0) is 16.1. The molecule has 1 aromatic carbocycles. The minimum Gasteiger partial charge on any atom is -0.356 e. The van der Waals surface area contributed by atoms with Gasteiger partial charge in [-0.3, -0.25) is 4.79 Å².